The molecule has 1 aromatic carbocycles. The van der Waals surface area contributed by atoms with Crippen molar-refractivity contribution in [2.75, 3.05) is 13.1 Å². The lowest BCUT2D eigenvalue weighted by Gasteiger charge is -2.13. The Kier molecular flexibility index (Phi) is 5.79. The molecule has 5 heteroatoms. The fourth-order valence-electron chi connectivity index (χ4n) is 2.43. The van der Waals surface area contributed by atoms with Crippen molar-refractivity contribution in [1.82, 2.24) is 10.0 Å². The smallest absolute Gasteiger partial charge is 0.240 e. The van der Waals surface area contributed by atoms with E-state index in [2.05, 4.69) is 17.0 Å². The lowest BCUT2D eigenvalue weighted by molar-refractivity contribution is 0.538. The molecule has 0 radical (unpaired) electrons. The molecule has 118 valence electrons. The summed E-state index contributed by atoms with van der Waals surface area (Å²) in [5.41, 5.74) is 1.18. The van der Waals surface area contributed by atoms with Gasteiger partial charge in [0.15, 0.2) is 0 Å². The zero-order valence-electron chi connectivity index (χ0n) is 12.9. The van der Waals surface area contributed by atoms with Crippen LogP contribution in [0.25, 0.3) is 0 Å². The van der Waals surface area contributed by atoms with E-state index in [0.29, 0.717) is 10.8 Å². The largest absolute Gasteiger partial charge is 0.317 e. The molecule has 0 heterocycles. The number of aryl methyl sites for hydroxylation is 1. The van der Waals surface area contributed by atoms with E-state index in [1.54, 1.807) is 12.1 Å². The highest BCUT2D eigenvalue weighted by Gasteiger charge is 2.31. The number of hydrogen-bond acceptors (Lipinski definition) is 3. The van der Waals surface area contributed by atoms with Crippen LogP contribution in [0.5, 0.6) is 0 Å². The molecular weight excluding hydrogens is 284 g/mol. The van der Waals surface area contributed by atoms with Gasteiger partial charge in [-0.3, -0.25) is 0 Å². The quantitative estimate of drug-likeness (QED) is 0.688. The molecule has 1 unspecified atom stereocenters. The van der Waals surface area contributed by atoms with Gasteiger partial charge in [0.05, 0.1) is 4.90 Å². The van der Waals surface area contributed by atoms with Gasteiger partial charge in [-0.25, -0.2) is 13.1 Å². The van der Waals surface area contributed by atoms with Gasteiger partial charge in [0.2, 0.25) is 10.0 Å². The van der Waals surface area contributed by atoms with Crippen LogP contribution in [0.4, 0.5) is 0 Å². The first-order valence-electron chi connectivity index (χ1n) is 7.85. The third kappa shape index (κ3) is 5.09. The van der Waals surface area contributed by atoms with Crippen molar-refractivity contribution in [3.8, 4) is 0 Å². The maximum atomic E-state index is 12.3. The van der Waals surface area contributed by atoms with Crippen molar-refractivity contribution in [3.05, 3.63) is 29.8 Å². The van der Waals surface area contributed by atoms with Crippen molar-refractivity contribution in [2.45, 2.75) is 50.5 Å². The first kappa shape index (κ1) is 16.5. The van der Waals surface area contributed by atoms with Gasteiger partial charge < -0.3 is 5.32 Å². The van der Waals surface area contributed by atoms with Gasteiger partial charge in [-0.2, -0.15) is 0 Å². The fraction of sp³-hybridized carbons (Fsp3) is 0.625. The summed E-state index contributed by atoms with van der Waals surface area (Å²) in [5.74, 6) is 0.519. The topological polar surface area (TPSA) is 58.2 Å². The highest BCUT2D eigenvalue weighted by molar-refractivity contribution is 7.89. The van der Waals surface area contributed by atoms with Gasteiger partial charge in [-0.15, -0.1) is 0 Å². The monoisotopic (exact) mass is 310 g/mol. The van der Waals surface area contributed by atoms with Crippen LogP contribution in [0.1, 0.15) is 38.7 Å². The lowest BCUT2D eigenvalue weighted by Crippen LogP contribution is -2.34. The Bertz CT molecular complexity index is 536. The molecule has 1 atom stereocenters. The second kappa shape index (κ2) is 7.38. The molecule has 2 N–H and O–H groups in total. The van der Waals surface area contributed by atoms with Crippen LogP contribution in [0, 0.1) is 5.92 Å². The van der Waals surface area contributed by atoms with E-state index in [1.807, 2.05) is 19.1 Å². The third-order valence-electron chi connectivity index (χ3n) is 3.97. The molecule has 21 heavy (non-hydrogen) atoms. The molecule has 1 fully saturated rings. The highest BCUT2D eigenvalue weighted by atomic mass is 32.2. The molecule has 1 aromatic rings. The van der Waals surface area contributed by atoms with E-state index < -0.39 is 10.0 Å². The minimum atomic E-state index is -3.37. The molecule has 1 aliphatic carbocycles. The number of benzene rings is 1. The number of sulfonamides is 1. The zero-order valence-corrected chi connectivity index (χ0v) is 13.7. The minimum absolute atomic E-state index is 0.0368. The van der Waals surface area contributed by atoms with Gasteiger partial charge in [0, 0.05) is 6.04 Å². The van der Waals surface area contributed by atoms with Crippen molar-refractivity contribution in [3.63, 3.8) is 0 Å². The Morgan fingerprint density at radius 2 is 1.90 bits per heavy atom. The SMILES string of the molecule is CCNCCCc1ccc(S(=O)(=O)NC(C)C2CC2)cc1. The lowest BCUT2D eigenvalue weighted by atomic mass is 10.1. The van der Waals surface area contributed by atoms with Crippen molar-refractivity contribution in [2.24, 2.45) is 5.92 Å². The third-order valence-corrected chi connectivity index (χ3v) is 5.55. The number of hydrogen-bond donors (Lipinski definition) is 2. The molecular formula is C16H26N2O2S. The Labute approximate surface area is 128 Å². The zero-order chi connectivity index (χ0) is 15.3. The van der Waals surface area contributed by atoms with Crippen molar-refractivity contribution in [1.29, 1.82) is 0 Å². The predicted octanol–water partition coefficient (Wildman–Crippen LogP) is 2.31. The first-order chi connectivity index (χ1) is 10.0. The van der Waals surface area contributed by atoms with E-state index in [1.165, 1.54) is 5.56 Å². The van der Waals surface area contributed by atoms with Crippen LogP contribution in [0.15, 0.2) is 29.2 Å². The summed E-state index contributed by atoms with van der Waals surface area (Å²) in [6.45, 7) is 6.03. The fourth-order valence-corrected chi connectivity index (χ4v) is 3.75. The second-order valence-corrected chi connectivity index (χ2v) is 7.56. The summed E-state index contributed by atoms with van der Waals surface area (Å²) in [4.78, 5) is 0.366. The summed E-state index contributed by atoms with van der Waals surface area (Å²) < 4.78 is 27.3. The molecule has 0 saturated heterocycles. The normalized spacial score (nSPS) is 16.9. The van der Waals surface area contributed by atoms with E-state index in [9.17, 15) is 8.42 Å². The van der Waals surface area contributed by atoms with Gasteiger partial charge in [-0.1, -0.05) is 19.1 Å². The number of rotatable bonds is 9. The van der Waals surface area contributed by atoms with Crippen LogP contribution in [0.2, 0.25) is 0 Å². The summed E-state index contributed by atoms with van der Waals surface area (Å²) >= 11 is 0. The van der Waals surface area contributed by atoms with E-state index in [-0.39, 0.29) is 6.04 Å². The van der Waals surface area contributed by atoms with Gasteiger partial charge in [-0.05, 0) is 69.3 Å². The van der Waals surface area contributed by atoms with E-state index >= 15 is 0 Å². The predicted molar refractivity (Wildman–Crippen MR) is 85.8 cm³/mol. The maximum Gasteiger partial charge on any atom is 0.240 e. The van der Waals surface area contributed by atoms with Crippen LogP contribution in [-0.2, 0) is 16.4 Å². The van der Waals surface area contributed by atoms with Crippen LogP contribution in [0.3, 0.4) is 0 Å². The van der Waals surface area contributed by atoms with Crippen LogP contribution >= 0.6 is 0 Å². The van der Waals surface area contributed by atoms with Gasteiger partial charge >= 0.3 is 0 Å². The molecule has 0 bridgehead atoms. The first-order valence-corrected chi connectivity index (χ1v) is 9.33. The molecule has 1 saturated carbocycles. The maximum absolute atomic E-state index is 12.3. The van der Waals surface area contributed by atoms with E-state index in [4.69, 9.17) is 0 Å². The average Bonchev–Trinajstić information content (AvgIpc) is 3.28. The molecule has 0 aliphatic heterocycles. The molecule has 1 aliphatic rings. The Morgan fingerprint density at radius 1 is 1.24 bits per heavy atom. The molecule has 0 amide bonds. The summed E-state index contributed by atoms with van der Waals surface area (Å²) in [5, 5.41) is 3.29. The van der Waals surface area contributed by atoms with Crippen molar-refractivity contribution >= 4 is 10.0 Å². The molecule has 4 nitrogen and oxygen atoms in total. The Hall–Kier alpha value is -0.910. The Morgan fingerprint density at radius 3 is 2.48 bits per heavy atom. The summed E-state index contributed by atoms with van der Waals surface area (Å²) in [6.07, 6.45) is 4.30. The van der Waals surface area contributed by atoms with Crippen LogP contribution < -0.4 is 10.0 Å². The van der Waals surface area contributed by atoms with Crippen molar-refractivity contribution < 1.29 is 8.42 Å². The summed E-state index contributed by atoms with van der Waals surface area (Å²) in [6, 6.07) is 7.30. The highest BCUT2D eigenvalue weighted by Crippen LogP contribution is 2.33. The van der Waals surface area contributed by atoms with Crippen LogP contribution in [-0.4, -0.2) is 27.5 Å². The minimum Gasteiger partial charge on any atom is -0.317 e. The second-order valence-electron chi connectivity index (χ2n) is 5.85. The van der Waals surface area contributed by atoms with E-state index in [0.717, 1.165) is 38.8 Å². The van der Waals surface area contributed by atoms with Gasteiger partial charge in [0.1, 0.15) is 0 Å². The van der Waals surface area contributed by atoms with Gasteiger partial charge in [0.25, 0.3) is 0 Å². The molecule has 0 aromatic heterocycles. The average molecular weight is 310 g/mol. The molecule has 0 spiro atoms. The standard InChI is InChI=1S/C16H26N2O2S/c1-3-17-12-4-5-14-6-10-16(11-7-14)21(19,20)18-13(2)15-8-9-15/h6-7,10-11,13,15,17-18H,3-5,8-9,12H2,1-2H3. The number of nitrogens with one attached hydrogen (secondary N) is 2. The Balaban J connectivity index is 1.90. The summed E-state index contributed by atoms with van der Waals surface area (Å²) in [7, 11) is -3.37. The molecule has 2 rings (SSSR count).